The molecule has 0 bridgehead atoms. The van der Waals surface area contributed by atoms with E-state index in [2.05, 4.69) is 45.0 Å². The van der Waals surface area contributed by atoms with Gasteiger partial charge in [-0.1, -0.05) is 34.1 Å². The first kappa shape index (κ1) is 26.8. The van der Waals surface area contributed by atoms with E-state index in [0.717, 1.165) is 51.9 Å². The van der Waals surface area contributed by atoms with Crippen LogP contribution in [0.25, 0.3) is 0 Å². The molecule has 5 atom stereocenters. The first-order valence-corrected chi connectivity index (χ1v) is 13.5. The number of benzene rings is 1. The smallest absolute Gasteiger partial charge is 0.317 e. The average Bonchev–Trinajstić information content (AvgIpc) is 2.84. The Kier molecular flexibility index (Phi) is 7.61. The Hall–Kier alpha value is -2.28. The number of hydrogen-bond donors (Lipinski definition) is 1. The highest BCUT2D eigenvalue weighted by molar-refractivity contribution is 5.99. The number of fused-ring (bicyclic) bond motifs is 1. The Morgan fingerprint density at radius 3 is 2.17 bits per heavy atom. The number of piperazine rings is 1. The van der Waals surface area contributed by atoms with Crippen molar-refractivity contribution < 1.29 is 19.1 Å². The normalized spacial score (nSPS) is 32.4. The molecule has 7 nitrogen and oxygen atoms in total. The molecule has 0 aromatic heterocycles. The molecule has 0 spiro atoms. The van der Waals surface area contributed by atoms with Crippen LogP contribution in [0.1, 0.15) is 63.7 Å². The molecule has 3 aliphatic rings. The maximum Gasteiger partial charge on any atom is 0.317 e. The Balaban J connectivity index is 1.68. The fraction of sp³-hybridized carbons (Fsp3) is 0.724. The lowest BCUT2D eigenvalue weighted by Gasteiger charge is -2.60. The fourth-order valence-electron chi connectivity index (χ4n) is 7.55. The Labute approximate surface area is 216 Å². The van der Waals surface area contributed by atoms with E-state index in [1.165, 1.54) is 0 Å². The lowest BCUT2D eigenvalue weighted by molar-refractivity contribution is -0.0903. The highest BCUT2D eigenvalue weighted by atomic mass is 16.5. The molecule has 2 amide bonds. The molecule has 2 saturated carbocycles. The van der Waals surface area contributed by atoms with Crippen LogP contribution in [0, 0.1) is 28.6 Å². The summed E-state index contributed by atoms with van der Waals surface area (Å²) in [6.07, 6.45) is 4.21. The average molecular weight is 500 g/mol. The van der Waals surface area contributed by atoms with E-state index in [1.54, 1.807) is 20.3 Å². The molecule has 7 heteroatoms. The van der Waals surface area contributed by atoms with E-state index < -0.39 is 0 Å². The van der Waals surface area contributed by atoms with E-state index in [9.17, 15) is 9.59 Å². The zero-order valence-corrected chi connectivity index (χ0v) is 23.2. The SMILES string of the molecule is COc1cc(OC)cc(C(=O)C2C(C)C(NC(=O)N3CCN(C)CC3)CC3C(C)(C)CCCC23C)c1. The minimum atomic E-state index is -0.203. The predicted octanol–water partition coefficient (Wildman–Crippen LogP) is 4.70. The molecule has 1 aromatic rings. The van der Waals surface area contributed by atoms with Gasteiger partial charge in [-0.3, -0.25) is 4.79 Å². The zero-order valence-electron chi connectivity index (χ0n) is 23.2. The second-order valence-corrected chi connectivity index (χ2v) is 12.3. The van der Waals surface area contributed by atoms with Crippen molar-refractivity contribution >= 4 is 11.8 Å². The number of ether oxygens (including phenoxy) is 2. The number of amides is 2. The van der Waals surface area contributed by atoms with Gasteiger partial charge in [-0.25, -0.2) is 4.79 Å². The number of methoxy groups -OCH3 is 2. The standard InChI is InChI=1S/C29H45N3O4/c1-19-23(30-27(34)32-13-11-31(5)12-14-32)18-24-28(2,3)9-8-10-29(24,4)25(19)26(33)20-15-21(35-6)17-22(16-20)36-7/h15-17,19,23-25H,8-14,18H2,1-7H3,(H,30,34). The molecule has 36 heavy (non-hydrogen) atoms. The largest absolute Gasteiger partial charge is 0.497 e. The van der Waals surface area contributed by atoms with Crippen LogP contribution in [-0.2, 0) is 0 Å². The third kappa shape index (κ3) is 4.96. The molecule has 1 aliphatic heterocycles. The molecular formula is C29H45N3O4. The van der Waals surface area contributed by atoms with Gasteiger partial charge in [0.05, 0.1) is 14.2 Å². The van der Waals surface area contributed by atoms with Gasteiger partial charge in [0.15, 0.2) is 5.78 Å². The second-order valence-electron chi connectivity index (χ2n) is 12.3. The summed E-state index contributed by atoms with van der Waals surface area (Å²) in [5.41, 5.74) is 0.593. The second kappa shape index (κ2) is 10.2. The Bertz CT molecular complexity index is 949. The van der Waals surface area contributed by atoms with Crippen LogP contribution in [-0.4, -0.2) is 75.1 Å². The number of urea groups is 1. The van der Waals surface area contributed by atoms with Crippen LogP contribution in [0.4, 0.5) is 4.79 Å². The maximum absolute atomic E-state index is 14.3. The van der Waals surface area contributed by atoms with Gasteiger partial charge in [0.2, 0.25) is 0 Å². The summed E-state index contributed by atoms with van der Waals surface area (Å²) in [7, 11) is 5.31. The first-order chi connectivity index (χ1) is 17.0. The molecule has 0 radical (unpaired) electrons. The number of hydrogen-bond acceptors (Lipinski definition) is 5. The van der Waals surface area contributed by atoms with E-state index in [1.807, 2.05) is 17.0 Å². The molecule has 5 unspecified atom stereocenters. The lowest BCUT2D eigenvalue weighted by atomic mass is 9.45. The fourth-order valence-corrected chi connectivity index (χ4v) is 7.55. The van der Waals surface area contributed by atoms with Gasteiger partial charge >= 0.3 is 6.03 Å². The van der Waals surface area contributed by atoms with Crippen molar-refractivity contribution in [3.8, 4) is 11.5 Å². The number of carbonyl (C=O) groups is 2. The number of carbonyl (C=O) groups excluding carboxylic acids is 2. The topological polar surface area (TPSA) is 71.1 Å². The minimum absolute atomic E-state index is 0.00594. The Morgan fingerprint density at radius 1 is 0.972 bits per heavy atom. The summed E-state index contributed by atoms with van der Waals surface area (Å²) in [4.78, 5) is 31.8. The van der Waals surface area contributed by atoms with Gasteiger partial charge in [-0.15, -0.1) is 0 Å². The molecule has 200 valence electrons. The van der Waals surface area contributed by atoms with Gasteiger partial charge in [-0.2, -0.15) is 0 Å². The summed E-state index contributed by atoms with van der Waals surface area (Å²) in [5, 5.41) is 3.39. The van der Waals surface area contributed by atoms with Crippen LogP contribution in [0.3, 0.4) is 0 Å². The molecule has 1 saturated heterocycles. The van der Waals surface area contributed by atoms with Crippen molar-refractivity contribution in [1.82, 2.24) is 15.1 Å². The van der Waals surface area contributed by atoms with Crippen LogP contribution in [0.15, 0.2) is 18.2 Å². The molecule has 4 rings (SSSR count). The number of ketones is 1. The van der Waals surface area contributed by atoms with Crippen LogP contribution in [0.2, 0.25) is 0 Å². The van der Waals surface area contributed by atoms with Crippen LogP contribution >= 0.6 is 0 Å². The monoisotopic (exact) mass is 499 g/mol. The summed E-state index contributed by atoms with van der Waals surface area (Å²) in [6, 6.07) is 5.42. The van der Waals surface area contributed by atoms with E-state index >= 15 is 0 Å². The van der Waals surface area contributed by atoms with Crippen LogP contribution in [0.5, 0.6) is 11.5 Å². The van der Waals surface area contributed by atoms with E-state index in [4.69, 9.17) is 9.47 Å². The number of rotatable bonds is 5. The number of likely N-dealkylation sites (N-methyl/N-ethyl adjacent to an activating group) is 1. The van der Waals surface area contributed by atoms with E-state index in [-0.39, 0.29) is 40.5 Å². The van der Waals surface area contributed by atoms with Crippen molar-refractivity contribution in [3.63, 3.8) is 0 Å². The highest BCUT2D eigenvalue weighted by Gasteiger charge is 2.58. The van der Waals surface area contributed by atoms with E-state index in [0.29, 0.717) is 23.0 Å². The summed E-state index contributed by atoms with van der Waals surface area (Å²) >= 11 is 0. The number of nitrogens with zero attached hydrogens (tertiary/aromatic N) is 2. The van der Waals surface area contributed by atoms with Gasteiger partial charge in [0.1, 0.15) is 11.5 Å². The predicted molar refractivity (Wildman–Crippen MR) is 142 cm³/mol. The summed E-state index contributed by atoms with van der Waals surface area (Å²) in [5.74, 6) is 1.52. The van der Waals surface area contributed by atoms with Crippen molar-refractivity contribution in [2.75, 3.05) is 47.4 Å². The third-order valence-corrected chi connectivity index (χ3v) is 9.65. The molecule has 1 heterocycles. The van der Waals surface area contributed by atoms with Gasteiger partial charge in [-0.05, 0) is 61.1 Å². The number of nitrogens with one attached hydrogen (secondary N) is 1. The quantitative estimate of drug-likeness (QED) is 0.595. The summed E-state index contributed by atoms with van der Waals surface area (Å²) < 4.78 is 11.0. The number of Topliss-reactive ketones (excluding diaryl/α,β-unsaturated/α-hetero) is 1. The van der Waals surface area contributed by atoms with Crippen LogP contribution < -0.4 is 14.8 Å². The zero-order chi connectivity index (χ0) is 26.3. The molecule has 1 aromatic carbocycles. The molecule has 1 N–H and O–H groups in total. The van der Waals surface area contributed by atoms with Gasteiger partial charge in [0.25, 0.3) is 0 Å². The van der Waals surface area contributed by atoms with Crippen molar-refractivity contribution in [2.24, 2.45) is 28.6 Å². The molecule has 3 fully saturated rings. The Morgan fingerprint density at radius 2 is 1.58 bits per heavy atom. The molecular weight excluding hydrogens is 454 g/mol. The molecule has 2 aliphatic carbocycles. The van der Waals surface area contributed by atoms with Gasteiger partial charge in [0, 0.05) is 49.8 Å². The van der Waals surface area contributed by atoms with Crippen molar-refractivity contribution in [1.29, 1.82) is 0 Å². The van der Waals surface area contributed by atoms with Crippen molar-refractivity contribution in [3.05, 3.63) is 23.8 Å². The summed E-state index contributed by atoms with van der Waals surface area (Å²) in [6.45, 7) is 12.4. The minimum Gasteiger partial charge on any atom is -0.497 e. The highest BCUT2D eigenvalue weighted by Crippen LogP contribution is 2.61. The first-order valence-electron chi connectivity index (χ1n) is 13.5. The maximum atomic E-state index is 14.3. The van der Waals surface area contributed by atoms with Crippen molar-refractivity contribution in [2.45, 2.75) is 59.4 Å². The van der Waals surface area contributed by atoms with Gasteiger partial charge < -0.3 is 24.6 Å². The third-order valence-electron chi connectivity index (χ3n) is 9.65. The lowest BCUT2D eigenvalue weighted by Crippen LogP contribution is -2.62.